The van der Waals surface area contributed by atoms with Crippen LogP contribution in [0.3, 0.4) is 0 Å². The van der Waals surface area contributed by atoms with E-state index in [-0.39, 0.29) is 35.8 Å². The lowest BCUT2D eigenvalue weighted by molar-refractivity contribution is -0.141. The van der Waals surface area contributed by atoms with Gasteiger partial charge in [-0.1, -0.05) is 6.07 Å². The minimum Gasteiger partial charge on any atom is -0.395 e. The van der Waals surface area contributed by atoms with Crippen molar-refractivity contribution < 1.29 is 32.2 Å². The number of halogens is 4. The zero-order valence-corrected chi connectivity index (χ0v) is 19.9. The molecule has 0 bridgehead atoms. The van der Waals surface area contributed by atoms with Crippen molar-refractivity contribution in [1.29, 1.82) is 0 Å². The molecule has 1 fully saturated rings. The molecule has 0 aliphatic carbocycles. The lowest BCUT2D eigenvalue weighted by Gasteiger charge is -2.29. The maximum Gasteiger partial charge on any atom is 0.433 e. The lowest BCUT2D eigenvalue weighted by atomic mass is 9.99. The van der Waals surface area contributed by atoms with Crippen LogP contribution in [0.5, 0.6) is 0 Å². The molecule has 2 aromatic heterocycles. The number of aliphatic hydroxyl groups is 1. The minimum absolute atomic E-state index is 0.0293. The normalized spacial score (nSPS) is 13.9. The number of aryl methyl sites for hydroxylation is 1. The average molecular weight is 519 g/mol. The maximum absolute atomic E-state index is 15.6. The van der Waals surface area contributed by atoms with Crippen molar-refractivity contribution in [2.24, 2.45) is 0 Å². The molecule has 4 rings (SSSR count). The highest BCUT2D eigenvalue weighted by atomic mass is 19.4. The Balaban J connectivity index is 1.69. The molecule has 0 unspecified atom stereocenters. The number of aromatic nitrogens is 2. The smallest absolute Gasteiger partial charge is 0.395 e. The van der Waals surface area contributed by atoms with E-state index in [9.17, 15) is 23.1 Å². The van der Waals surface area contributed by atoms with Gasteiger partial charge in [-0.2, -0.15) is 13.2 Å². The quantitative estimate of drug-likeness (QED) is 0.404. The molecule has 3 heterocycles. The second-order valence-electron chi connectivity index (χ2n) is 8.35. The summed E-state index contributed by atoms with van der Waals surface area (Å²) in [7, 11) is 0. The zero-order chi connectivity index (χ0) is 26.6. The molecule has 0 spiro atoms. The Labute approximate surface area is 210 Å². The summed E-state index contributed by atoms with van der Waals surface area (Å²) >= 11 is 0. The summed E-state index contributed by atoms with van der Waals surface area (Å²) in [5.41, 5.74) is 0.253. The van der Waals surface area contributed by atoms with Gasteiger partial charge < -0.3 is 25.4 Å². The van der Waals surface area contributed by atoms with Gasteiger partial charge in [-0.05, 0) is 48.4 Å². The van der Waals surface area contributed by atoms with Crippen LogP contribution in [0, 0.1) is 12.7 Å². The number of benzene rings is 1. The van der Waals surface area contributed by atoms with Gasteiger partial charge in [0, 0.05) is 42.6 Å². The molecule has 0 radical (unpaired) electrons. The van der Waals surface area contributed by atoms with Gasteiger partial charge in [0.2, 0.25) is 0 Å². The number of carbonyl (C=O) groups is 1. The first-order valence-electron chi connectivity index (χ1n) is 11.5. The second-order valence-corrected chi connectivity index (χ2v) is 8.35. The highest BCUT2D eigenvalue weighted by Gasteiger charge is 2.33. The SMILES string of the molecule is Cc1ccc(NC(=O)c2ccnc(C(F)(F)F)c2)cc1-c1cc(N2CCOCC2)nc(NCCO)c1F. The Kier molecular flexibility index (Phi) is 7.89. The maximum atomic E-state index is 15.6. The van der Waals surface area contributed by atoms with Crippen LogP contribution < -0.4 is 15.5 Å². The first-order chi connectivity index (χ1) is 17.7. The second kappa shape index (κ2) is 11.1. The Morgan fingerprint density at radius 2 is 1.89 bits per heavy atom. The topological polar surface area (TPSA) is 99.6 Å². The molecule has 3 aromatic rings. The highest BCUT2D eigenvalue weighted by molar-refractivity contribution is 6.04. The first kappa shape index (κ1) is 26.3. The van der Waals surface area contributed by atoms with Crippen LogP contribution in [0.1, 0.15) is 21.6 Å². The van der Waals surface area contributed by atoms with E-state index in [1.165, 1.54) is 6.07 Å². The molecule has 196 valence electrons. The summed E-state index contributed by atoms with van der Waals surface area (Å²) < 4.78 is 59.9. The third-order valence-electron chi connectivity index (χ3n) is 5.78. The summed E-state index contributed by atoms with van der Waals surface area (Å²) in [6.07, 6.45) is -3.77. The van der Waals surface area contributed by atoms with Gasteiger partial charge in [-0.25, -0.2) is 9.37 Å². The molecule has 1 aromatic carbocycles. The fourth-order valence-electron chi connectivity index (χ4n) is 3.88. The Hall–Kier alpha value is -3.77. The van der Waals surface area contributed by atoms with E-state index < -0.39 is 23.6 Å². The number of pyridine rings is 2. The van der Waals surface area contributed by atoms with Gasteiger partial charge in [0.15, 0.2) is 11.6 Å². The van der Waals surface area contributed by atoms with E-state index in [1.807, 2.05) is 4.90 Å². The monoisotopic (exact) mass is 519 g/mol. The highest BCUT2D eigenvalue weighted by Crippen LogP contribution is 2.35. The van der Waals surface area contributed by atoms with Crippen LogP contribution in [0.4, 0.5) is 34.9 Å². The van der Waals surface area contributed by atoms with Crippen LogP contribution >= 0.6 is 0 Å². The van der Waals surface area contributed by atoms with Crippen molar-refractivity contribution in [3.05, 3.63) is 65.2 Å². The van der Waals surface area contributed by atoms with Crippen molar-refractivity contribution in [2.45, 2.75) is 13.1 Å². The third-order valence-corrected chi connectivity index (χ3v) is 5.78. The van der Waals surface area contributed by atoms with Crippen molar-refractivity contribution in [1.82, 2.24) is 9.97 Å². The molecule has 37 heavy (non-hydrogen) atoms. The number of hydrogen-bond acceptors (Lipinski definition) is 7. The predicted octanol–water partition coefficient (Wildman–Crippen LogP) is 4.10. The van der Waals surface area contributed by atoms with Crippen LogP contribution in [-0.2, 0) is 10.9 Å². The van der Waals surface area contributed by atoms with Crippen molar-refractivity contribution in [2.75, 3.05) is 55.0 Å². The molecule has 12 heteroatoms. The van der Waals surface area contributed by atoms with Crippen molar-refractivity contribution >= 4 is 23.2 Å². The minimum atomic E-state index is -4.69. The Bertz CT molecular complexity index is 1280. The molecular formula is C25H25F4N5O3. The number of amides is 1. The summed E-state index contributed by atoms with van der Waals surface area (Å²) in [5.74, 6) is -0.915. The van der Waals surface area contributed by atoms with Crippen LogP contribution in [-0.4, -0.2) is 60.4 Å². The molecular weight excluding hydrogens is 494 g/mol. The number of hydrogen-bond donors (Lipinski definition) is 3. The van der Waals surface area contributed by atoms with E-state index in [0.29, 0.717) is 49.3 Å². The molecule has 3 N–H and O–H groups in total. The summed E-state index contributed by atoms with van der Waals surface area (Å²) in [5, 5.41) is 14.6. The summed E-state index contributed by atoms with van der Waals surface area (Å²) in [4.78, 5) is 22.3. The molecule has 1 aliphatic heterocycles. The van der Waals surface area contributed by atoms with Crippen LogP contribution in [0.25, 0.3) is 11.1 Å². The molecule has 0 atom stereocenters. The lowest BCUT2D eigenvalue weighted by Crippen LogP contribution is -2.37. The fourth-order valence-corrected chi connectivity index (χ4v) is 3.88. The number of morpholine rings is 1. The molecule has 0 saturated carbocycles. The Morgan fingerprint density at radius 3 is 2.59 bits per heavy atom. The number of alkyl halides is 3. The molecule has 1 amide bonds. The van der Waals surface area contributed by atoms with Crippen molar-refractivity contribution in [3.8, 4) is 11.1 Å². The van der Waals surface area contributed by atoms with Gasteiger partial charge >= 0.3 is 6.18 Å². The molecule has 1 saturated heterocycles. The summed E-state index contributed by atoms with van der Waals surface area (Å²) in [6, 6.07) is 8.26. The van der Waals surface area contributed by atoms with E-state index in [0.717, 1.165) is 6.20 Å². The van der Waals surface area contributed by atoms with Crippen molar-refractivity contribution in [3.63, 3.8) is 0 Å². The van der Waals surface area contributed by atoms with E-state index in [2.05, 4.69) is 20.6 Å². The fraction of sp³-hybridized carbons (Fsp3) is 0.320. The number of ether oxygens (including phenoxy) is 1. The Morgan fingerprint density at radius 1 is 1.14 bits per heavy atom. The number of aliphatic hydroxyl groups excluding tert-OH is 1. The van der Waals surface area contributed by atoms with Crippen LogP contribution in [0.2, 0.25) is 0 Å². The van der Waals surface area contributed by atoms with Gasteiger partial charge in [0.25, 0.3) is 5.91 Å². The standard InChI is InChI=1S/C25H25F4N5O3/c1-15-2-3-17(32-24(36)16-4-5-30-20(12-16)25(27,28)29)13-18(15)19-14-21(34-7-10-37-11-8-34)33-23(22(19)26)31-6-9-35/h2-5,12-14,35H,6-11H2,1H3,(H,31,33)(H,32,36). The van der Waals surface area contributed by atoms with Gasteiger partial charge in [-0.3, -0.25) is 9.78 Å². The first-order valence-corrected chi connectivity index (χ1v) is 11.5. The number of anilines is 3. The number of carbonyl (C=O) groups excluding carboxylic acids is 1. The summed E-state index contributed by atoms with van der Waals surface area (Å²) in [6.45, 7) is 3.78. The largest absolute Gasteiger partial charge is 0.433 e. The van der Waals surface area contributed by atoms with Gasteiger partial charge in [0.1, 0.15) is 11.5 Å². The number of rotatable bonds is 7. The molecule has 8 nitrogen and oxygen atoms in total. The average Bonchev–Trinajstić information content (AvgIpc) is 2.89. The number of nitrogens with zero attached hydrogens (tertiary/aromatic N) is 3. The van der Waals surface area contributed by atoms with E-state index in [4.69, 9.17) is 4.74 Å². The van der Waals surface area contributed by atoms with Gasteiger partial charge in [0.05, 0.1) is 19.8 Å². The predicted molar refractivity (Wildman–Crippen MR) is 130 cm³/mol. The third kappa shape index (κ3) is 6.15. The van der Waals surface area contributed by atoms with Gasteiger partial charge in [-0.15, -0.1) is 0 Å². The zero-order valence-electron chi connectivity index (χ0n) is 19.9. The molecule has 1 aliphatic rings. The van der Waals surface area contributed by atoms with E-state index >= 15 is 4.39 Å². The van der Waals surface area contributed by atoms with Crippen LogP contribution in [0.15, 0.2) is 42.6 Å². The van der Waals surface area contributed by atoms with E-state index in [1.54, 1.807) is 31.2 Å². The number of nitrogens with one attached hydrogen (secondary N) is 2.